The van der Waals surface area contributed by atoms with Gasteiger partial charge in [0.1, 0.15) is 5.60 Å². The Hall–Kier alpha value is -2.24. The van der Waals surface area contributed by atoms with Gasteiger partial charge in [-0.2, -0.15) is 0 Å². The summed E-state index contributed by atoms with van der Waals surface area (Å²) in [6.45, 7) is 8.06. The Morgan fingerprint density at radius 3 is 2.71 bits per heavy atom. The third-order valence-electron chi connectivity index (χ3n) is 4.21. The number of piperidine rings is 1. The predicted molar refractivity (Wildman–Crippen MR) is 95.1 cm³/mol. The average molecular weight is 330 g/mol. The summed E-state index contributed by atoms with van der Waals surface area (Å²) in [5.74, 6) is 1.35. The lowest BCUT2D eigenvalue weighted by Crippen LogP contribution is -2.42. The van der Waals surface area contributed by atoms with Crippen molar-refractivity contribution >= 4 is 23.1 Å². The molecular formula is C18H26N4O2. The van der Waals surface area contributed by atoms with Crippen molar-refractivity contribution in [2.45, 2.75) is 39.2 Å². The Balaban J connectivity index is 1.46. The number of H-pyrrole nitrogens is 1. The number of nitrogens with one attached hydrogen (secondary N) is 2. The number of likely N-dealkylation sites (tertiary alicyclic amines) is 1. The first kappa shape index (κ1) is 16.6. The molecule has 24 heavy (non-hydrogen) atoms. The second-order valence-electron chi connectivity index (χ2n) is 7.39. The van der Waals surface area contributed by atoms with Crippen molar-refractivity contribution in [3.63, 3.8) is 0 Å². The Morgan fingerprint density at radius 2 is 2.04 bits per heavy atom. The minimum absolute atomic E-state index is 0.203. The van der Waals surface area contributed by atoms with Crippen LogP contribution in [0.1, 0.15) is 33.6 Å². The summed E-state index contributed by atoms with van der Waals surface area (Å²) in [6.07, 6.45) is 1.75. The summed E-state index contributed by atoms with van der Waals surface area (Å²) < 4.78 is 5.43. The number of anilines is 1. The number of fused-ring (bicyclic) bond motifs is 1. The third-order valence-corrected chi connectivity index (χ3v) is 4.21. The van der Waals surface area contributed by atoms with Gasteiger partial charge in [-0.25, -0.2) is 9.78 Å². The van der Waals surface area contributed by atoms with Gasteiger partial charge in [0.15, 0.2) is 0 Å². The van der Waals surface area contributed by atoms with Crippen LogP contribution in [0.15, 0.2) is 24.3 Å². The molecule has 1 aromatic carbocycles. The van der Waals surface area contributed by atoms with Crippen molar-refractivity contribution in [2.75, 3.05) is 25.0 Å². The molecule has 1 aromatic heterocycles. The number of para-hydroxylation sites is 2. The van der Waals surface area contributed by atoms with Gasteiger partial charge in [0.05, 0.1) is 11.0 Å². The summed E-state index contributed by atoms with van der Waals surface area (Å²) in [5, 5.41) is 3.38. The summed E-state index contributed by atoms with van der Waals surface area (Å²) in [5.41, 5.74) is 1.58. The smallest absolute Gasteiger partial charge is 0.410 e. The van der Waals surface area contributed by atoms with E-state index in [-0.39, 0.29) is 6.09 Å². The number of carbonyl (C=O) groups is 1. The number of amides is 1. The average Bonchev–Trinajstić information content (AvgIpc) is 2.94. The van der Waals surface area contributed by atoms with Crippen molar-refractivity contribution in [3.8, 4) is 0 Å². The second kappa shape index (κ2) is 6.71. The topological polar surface area (TPSA) is 70.2 Å². The van der Waals surface area contributed by atoms with E-state index in [0.29, 0.717) is 5.92 Å². The van der Waals surface area contributed by atoms with Crippen LogP contribution in [0.2, 0.25) is 0 Å². The summed E-state index contributed by atoms with van der Waals surface area (Å²) in [6, 6.07) is 8.00. The van der Waals surface area contributed by atoms with Crippen molar-refractivity contribution in [1.29, 1.82) is 0 Å². The number of aromatic nitrogens is 2. The molecule has 0 bridgehead atoms. The van der Waals surface area contributed by atoms with E-state index in [0.717, 1.165) is 49.5 Å². The molecule has 0 aliphatic carbocycles. The molecule has 1 aliphatic rings. The van der Waals surface area contributed by atoms with Gasteiger partial charge in [-0.1, -0.05) is 12.1 Å². The number of nitrogens with zero attached hydrogens (tertiary/aromatic N) is 2. The summed E-state index contributed by atoms with van der Waals surface area (Å²) in [4.78, 5) is 21.7. The molecule has 2 N–H and O–H groups in total. The normalized spacial score (nSPS) is 16.4. The van der Waals surface area contributed by atoms with Gasteiger partial charge in [0.2, 0.25) is 5.95 Å². The fraction of sp³-hybridized carbons (Fsp3) is 0.556. The molecule has 0 radical (unpaired) electrons. The lowest BCUT2D eigenvalue weighted by molar-refractivity contribution is 0.0188. The van der Waals surface area contributed by atoms with Crippen LogP contribution < -0.4 is 5.32 Å². The van der Waals surface area contributed by atoms with E-state index in [1.54, 1.807) is 0 Å². The van der Waals surface area contributed by atoms with Crippen LogP contribution in [0.5, 0.6) is 0 Å². The molecular weight excluding hydrogens is 304 g/mol. The van der Waals surface area contributed by atoms with Crippen LogP contribution in [0, 0.1) is 5.92 Å². The van der Waals surface area contributed by atoms with E-state index < -0.39 is 5.60 Å². The zero-order chi connectivity index (χ0) is 17.2. The van der Waals surface area contributed by atoms with Crippen LogP contribution >= 0.6 is 0 Å². The highest BCUT2D eigenvalue weighted by molar-refractivity contribution is 5.77. The molecule has 6 heteroatoms. The van der Waals surface area contributed by atoms with Crippen molar-refractivity contribution in [2.24, 2.45) is 5.92 Å². The first-order valence-electron chi connectivity index (χ1n) is 8.57. The van der Waals surface area contributed by atoms with Crippen LogP contribution in [0.25, 0.3) is 11.0 Å². The Morgan fingerprint density at radius 1 is 1.33 bits per heavy atom. The van der Waals surface area contributed by atoms with E-state index >= 15 is 0 Å². The van der Waals surface area contributed by atoms with Crippen LogP contribution in [-0.2, 0) is 4.74 Å². The monoisotopic (exact) mass is 330 g/mol. The van der Waals surface area contributed by atoms with Crippen LogP contribution in [-0.4, -0.2) is 46.2 Å². The standard InChI is InChI=1S/C18H26N4O2/c1-18(2,3)24-17(23)22-10-8-13(9-11-22)12-19-16-20-14-6-4-5-7-15(14)21-16/h4-7,13H,8-12H2,1-3H3,(H2,19,20,21). The minimum atomic E-state index is -0.434. The molecule has 1 saturated heterocycles. The number of aromatic amines is 1. The maximum atomic E-state index is 12.1. The number of hydrogen-bond acceptors (Lipinski definition) is 4. The zero-order valence-corrected chi connectivity index (χ0v) is 14.6. The number of rotatable bonds is 3. The molecule has 130 valence electrons. The highest BCUT2D eigenvalue weighted by atomic mass is 16.6. The van der Waals surface area contributed by atoms with Gasteiger partial charge in [-0.15, -0.1) is 0 Å². The molecule has 0 atom stereocenters. The lowest BCUT2D eigenvalue weighted by Gasteiger charge is -2.33. The number of ether oxygens (including phenoxy) is 1. The predicted octanol–water partition coefficient (Wildman–Crippen LogP) is 3.62. The molecule has 3 rings (SSSR count). The van der Waals surface area contributed by atoms with E-state index in [1.165, 1.54) is 0 Å². The molecule has 6 nitrogen and oxygen atoms in total. The number of benzene rings is 1. The summed E-state index contributed by atoms with van der Waals surface area (Å²) >= 11 is 0. The maximum absolute atomic E-state index is 12.1. The molecule has 0 saturated carbocycles. The highest BCUT2D eigenvalue weighted by Gasteiger charge is 2.26. The molecule has 0 spiro atoms. The van der Waals surface area contributed by atoms with Gasteiger partial charge < -0.3 is 19.9 Å². The molecule has 1 fully saturated rings. The van der Waals surface area contributed by atoms with Gasteiger partial charge in [-0.05, 0) is 51.7 Å². The first-order chi connectivity index (χ1) is 11.4. The number of imidazole rings is 1. The number of carbonyl (C=O) groups excluding carboxylic acids is 1. The first-order valence-corrected chi connectivity index (χ1v) is 8.57. The van der Waals surface area contributed by atoms with E-state index in [2.05, 4.69) is 15.3 Å². The quantitative estimate of drug-likeness (QED) is 0.902. The van der Waals surface area contributed by atoms with Gasteiger partial charge in [-0.3, -0.25) is 0 Å². The minimum Gasteiger partial charge on any atom is -0.444 e. The highest BCUT2D eigenvalue weighted by Crippen LogP contribution is 2.20. The van der Waals surface area contributed by atoms with E-state index in [9.17, 15) is 4.79 Å². The molecule has 1 aliphatic heterocycles. The molecule has 2 aromatic rings. The van der Waals surface area contributed by atoms with Gasteiger partial charge in [0.25, 0.3) is 0 Å². The van der Waals surface area contributed by atoms with Crippen LogP contribution in [0.3, 0.4) is 0 Å². The SMILES string of the molecule is CC(C)(C)OC(=O)N1CCC(CNc2nc3ccccc3[nH]2)CC1. The fourth-order valence-electron chi connectivity index (χ4n) is 2.92. The van der Waals surface area contributed by atoms with Gasteiger partial charge in [0, 0.05) is 19.6 Å². The largest absolute Gasteiger partial charge is 0.444 e. The van der Waals surface area contributed by atoms with Crippen molar-refractivity contribution < 1.29 is 9.53 Å². The molecule has 1 amide bonds. The fourth-order valence-corrected chi connectivity index (χ4v) is 2.92. The lowest BCUT2D eigenvalue weighted by atomic mass is 9.97. The Labute approximate surface area is 142 Å². The maximum Gasteiger partial charge on any atom is 0.410 e. The van der Waals surface area contributed by atoms with E-state index in [1.807, 2.05) is 49.9 Å². The number of hydrogen-bond donors (Lipinski definition) is 2. The summed E-state index contributed by atoms with van der Waals surface area (Å²) in [7, 11) is 0. The second-order valence-corrected chi connectivity index (χ2v) is 7.39. The van der Waals surface area contributed by atoms with E-state index in [4.69, 9.17) is 4.74 Å². The van der Waals surface area contributed by atoms with Crippen molar-refractivity contribution in [3.05, 3.63) is 24.3 Å². The Bertz CT molecular complexity index is 663. The zero-order valence-electron chi connectivity index (χ0n) is 14.6. The third kappa shape index (κ3) is 4.19. The molecule has 2 heterocycles. The Kier molecular flexibility index (Phi) is 4.64. The van der Waals surface area contributed by atoms with Gasteiger partial charge >= 0.3 is 6.09 Å². The molecule has 0 unspecified atom stereocenters. The van der Waals surface area contributed by atoms with Crippen molar-refractivity contribution in [1.82, 2.24) is 14.9 Å². The van der Waals surface area contributed by atoms with Crippen LogP contribution in [0.4, 0.5) is 10.7 Å².